The number of aromatic nitrogens is 1. The minimum absolute atomic E-state index is 0.486. The molecule has 1 heterocycles. The first-order valence-corrected chi connectivity index (χ1v) is 5.99. The van der Waals surface area contributed by atoms with E-state index in [1.54, 1.807) is 12.3 Å². The van der Waals surface area contributed by atoms with E-state index in [-0.39, 0.29) is 0 Å². The zero-order chi connectivity index (χ0) is 11.0. The minimum Gasteiger partial charge on any atom is -0.381 e. The Kier molecular flexibility index (Phi) is 2.28. The van der Waals surface area contributed by atoms with E-state index in [0.29, 0.717) is 11.7 Å². The molecule has 0 saturated heterocycles. The Labute approximate surface area is 95.5 Å². The Hall–Kier alpha value is -1.56. The van der Waals surface area contributed by atoms with Crippen LogP contribution in [0.15, 0.2) is 18.3 Å². The molecule has 0 unspecified atom stereocenters. The number of pyridine rings is 1. The fourth-order valence-corrected chi connectivity index (χ4v) is 2.27. The molecule has 1 aromatic rings. The second-order valence-corrected chi connectivity index (χ2v) is 4.89. The Balaban J connectivity index is 1.69. The third-order valence-corrected chi connectivity index (χ3v) is 3.47. The molecule has 2 aliphatic carbocycles. The van der Waals surface area contributed by atoms with Gasteiger partial charge in [0.15, 0.2) is 0 Å². The number of rotatable bonds is 4. The van der Waals surface area contributed by atoms with Crippen LogP contribution >= 0.6 is 0 Å². The van der Waals surface area contributed by atoms with E-state index in [2.05, 4.69) is 10.3 Å². The molecule has 0 atom stereocenters. The van der Waals surface area contributed by atoms with Crippen LogP contribution in [0, 0.1) is 23.2 Å². The molecule has 0 aromatic carbocycles. The van der Waals surface area contributed by atoms with E-state index < -0.39 is 0 Å². The summed E-state index contributed by atoms with van der Waals surface area (Å²) in [6.45, 7) is 0. The lowest BCUT2D eigenvalue weighted by Gasteiger charge is -2.18. The molecule has 0 radical (unpaired) electrons. The van der Waals surface area contributed by atoms with Gasteiger partial charge in [0.1, 0.15) is 11.8 Å². The third kappa shape index (κ3) is 2.01. The summed E-state index contributed by atoms with van der Waals surface area (Å²) in [5, 5.41) is 12.3. The number of anilines is 1. The molecule has 3 heteroatoms. The Bertz CT molecular complexity index is 398. The monoisotopic (exact) mass is 213 g/mol. The van der Waals surface area contributed by atoms with Crippen molar-refractivity contribution >= 4 is 5.69 Å². The van der Waals surface area contributed by atoms with Gasteiger partial charge >= 0.3 is 0 Å². The molecule has 0 amide bonds. The quantitative estimate of drug-likeness (QED) is 0.836. The average molecular weight is 213 g/mol. The smallest absolute Gasteiger partial charge is 0.140 e. The van der Waals surface area contributed by atoms with Crippen LogP contribution in [-0.2, 0) is 0 Å². The maximum absolute atomic E-state index is 8.67. The first kappa shape index (κ1) is 9.65. The fourth-order valence-electron chi connectivity index (χ4n) is 2.27. The topological polar surface area (TPSA) is 48.7 Å². The van der Waals surface area contributed by atoms with Crippen LogP contribution < -0.4 is 5.32 Å². The summed E-state index contributed by atoms with van der Waals surface area (Å²) in [5.41, 5.74) is 1.54. The van der Waals surface area contributed by atoms with Gasteiger partial charge in [0.2, 0.25) is 0 Å². The zero-order valence-electron chi connectivity index (χ0n) is 9.19. The second-order valence-electron chi connectivity index (χ2n) is 4.89. The second kappa shape index (κ2) is 3.79. The van der Waals surface area contributed by atoms with Crippen LogP contribution in [0.5, 0.6) is 0 Å². The van der Waals surface area contributed by atoms with Gasteiger partial charge in [-0.05, 0) is 49.7 Å². The van der Waals surface area contributed by atoms with Crippen LogP contribution in [0.2, 0.25) is 0 Å². The van der Waals surface area contributed by atoms with E-state index in [1.807, 2.05) is 12.1 Å². The number of hydrogen-bond donors (Lipinski definition) is 1. The van der Waals surface area contributed by atoms with Gasteiger partial charge < -0.3 is 5.32 Å². The van der Waals surface area contributed by atoms with Gasteiger partial charge in [0, 0.05) is 6.04 Å². The number of nitrogens with zero attached hydrogens (tertiary/aromatic N) is 2. The lowest BCUT2D eigenvalue weighted by Crippen LogP contribution is -2.24. The molecule has 82 valence electrons. The molecule has 2 saturated carbocycles. The summed E-state index contributed by atoms with van der Waals surface area (Å²) in [6.07, 6.45) is 7.27. The number of hydrogen-bond acceptors (Lipinski definition) is 3. The maximum Gasteiger partial charge on any atom is 0.140 e. The van der Waals surface area contributed by atoms with Crippen molar-refractivity contribution in [3.8, 4) is 6.07 Å². The largest absolute Gasteiger partial charge is 0.381 e. The summed E-state index contributed by atoms with van der Waals surface area (Å²) in [7, 11) is 0. The van der Waals surface area contributed by atoms with E-state index in [9.17, 15) is 0 Å². The van der Waals surface area contributed by atoms with E-state index >= 15 is 0 Å². The summed E-state index contributed by atoms with van der Waals surface area (Å²) in [5.74, 6) is 1.76. The molecule has 3 nitrogen and oxygen atoms in total. The predicted octanol–water partition coefficient (Wildman–Crippen LogP) is 2.55. The molecule has 0 bridgehead atoms. The van der Waals surface area contributed by atoms with Gasteiger partial charge in [-0.2, -0.15) is 5.26 Å². The van der Waals surface area contributed by atoms with Gasteiger partial charge in [-0.25, -0.2) is 4.98 Å². The van der Waals surface area contributed by atoms with Crippen molar-refractivity contribution in [1.82, 2.24) is 4.98 Å². The Morgan fingerprint density at radius 2 is 1.94 bits per heavy atom. The SMILES string of the molecule is N#Cc1ccc(NC(C2CC2)C2CC2)cn1. The lowest BCUT2D eigenvalue weighted by atomic mass is 10.1. The van der Waals surface area contributed by atoms with Crippen LogP contribution in [-0.4, -0.2) is 11.0 Å². The van der Waals surface area contributed by atoms with Crippen LogP contribution in [0.25, 0.3) is 0 Å². The van der Waals surface area contributed by atoms with Crippen molar-refractivity contribution in [1.29, 1.82) is 5.26 Å². The summed E-state index contributed by atoms with van der Waals surface area (Å²) in [6, 6.07) is 6.43. The number of nitrogens with one attached hydrogen (secondary N) is 1. The molecule has 0 aliphatic heterocycles. The predicted molar refractivity (Wildman–Crippen MR) is 61.8 cm³/mol. The van der Waals surface area contributed by atoms with Gasteiger partial charge in [-0.3, -0.25) is 0 Å². The minimum atomic E-state index is 0.486. The van der Waals surface area contributed by atoms with Gasteiger partial charge in [-0.15, -0.1) is 0 Å². The van der Waals surface area contributed by atoms with Crippen molar-refractivity contribution in [2.24, 2.45) is 11.8 Å². The van der Waals surface area contributed by atoms with Crippen molar-refractivity contribution in [2.45, 2.75) is 31.7 Å². The van der Waals surface area contributed by atoms with Crippen molar-refractivity contribution < 1.29 is 0 Å². The highest BCUT2D eigenvalue weighted by Crippen LogP contribution is 2.45. The molecule has 2 fully saturated rings. The van der Waals surface area contributed by atoms with Gasteiger partial charge in [-0.1, -0.05) is 0 Å². The number of nitriles is 1. The third-order valence-electron chi connectivity index (χ3n) is 3.47. The van der Waals surface area contributed by atoms with Crippen LogP contribution in [0.3, 0.4) is 0 Å². The molecule has 16 heavy (non-hydrogen) atoms. The van der Waals surface area contributed by atoms with E-state index in [1.165, 1.54) is 25.7 Å². The molecular formula is C13H15N3. The molecule has 3 rings (SSSR count). The van der Waals surface area contributed by atoms with Crippen LogP contribution in [0.1, 0.15) is 31.4 Å². The van der Waals surface area contributed by atoms with Gasteiger partial charge in [0.25, 0.3) is 0 Å². The van der Waals surface area contributed by atoms with E-state index in [0.717, 1.165) is 17.5 Å². The van der Waals surface area contributed by atoms with Gasteiger partial charge in [0.05, 0.1) is 11.9 Å². The average Bonchev–Trinajstić information content (AvgIpc) is 3.19. The highest BCUT2D eigenvalue weighted by molar-refractivity contribution is 5.44. The fraction of sp³-hybridized carbons (Fsp3) is 0.538. The lowest BCUT2D eigenvalue weighted by molar-refractivity contribution is 0.567. The van der Waals surface area contributed by atoms with Crippen molar-refractivity contribution in [2.75, 3.05) is 5.32 Å². The molecule has 1 aromatic heterocycles. The Morgan fingerprint density at radius 3 is 2.38 bits per heavy atom. The summed E-state index contributed by atoms with van der Waals surface area (Å²) < 4.78 is 0. The summed E-state index contributed by atoms with van der Waals surface area (Å²) in [4.78, 5) is 4.09. The van der Waals surface area contributed by atoms with Crippen LogP contribution in [0.4, 0.5) is 5.69 Å². The molecule has 2 aliphatic rings. The normalized spacial score (nSPS) is 19.5. The Morgan fingerprint density at radius 1 is 1.25 bits per heavy atom. The highest BCUT2D eigenvalue weighted by atomic mass is 15.0. The van der Waals surface area contributed by atoms with E-state index in [4.69, 9.17) is 5.26 Å². The molecular weight excluding hydrogens is 198 g/mol. The van der Waals surface area contributed by atoms with Crippen molar-refractivity contribution in [3.63, 3.8) is 0 Å². The first-order chi connectivity index (χ1) is 7.86. The highest BCUT2D eigenvalue weighted by Gasteiger charge is 2.41. The maximum atomic E-state index is 8.67. The first-order valence-electron chi connectivity index (χ1n) is 5.99. The zero-order valence-corrected chi connectivity index (χ0v) is 9.19. The summed E-state index contributed by atoms with van der Waals surface area (Å²) >= 11 is 0. The molecule has 1 N–H and O–H groups in total. The molecule has 0 spiro atoms. The van der Waals surface area contributed by atoms with Crippen molar-refractivity contribution in [3.05, 3.63) is 24.0 Å². The standard InChI is InChI=1S/C13H15N3/c14-7-11-5-6-12(8-15-11)16-13(9-1-2-9)10-3-4-10/h5-6,8-10,13,16H,1-4H2.